The van der Waals surface area contributed by atoms with Crippen LogP contribution < -0.4 is 10.6 Å². The fraction of sp³-hybridized carbons (Fsp3) is 0.263. The number of likely N-dealkylation sites (tertiary alicyclic amines) is 1. The maximum absolute atomic E-state index is 12.7. The SMILES string of the molecule is C=CC(=O)Nc1ccc(C(=O)N2CCC(Nc3ncc(Cl)c(C)n3)C2)cc1. The molecule has 1 aromatic heterocycles. The molecular weight excluding hydrogens is 366 g/mol. The van der Waals surface area contributed by atoms with Gasteiger partial charge in [0.25, 0.3) is 5.91 Å². The first-order chi connectivity index (χ1) is 13.0. The zero-order valence-electron chi connectivity index (χ0n) is 14.9. The summed E-state index contributed by atoms with van der Waals surface area (Å²) < 4.78 is 0. The van der Waals surface area contributed by atoms with Crippen molar-refractivity contribution in [2.24, 2.45) is 0 Å². The van der Waals surface area contributed by atoms with Crippen LogP contribution in [0.3, 0.4) is 0 Å². The van der Waals surface area contributed by atoms with Crippen molar-refractivity contribution in [3.63, 3.8) is 0 Å². The molecule has 0 aliphatic carbocycles. The lowest BCUT2D eigenvalue weighted by atomic mass is 10.2. The summed E-state index contributed by atoms with van der Waals surface area (Å²) in [7, 11) is 0. The number of amides is 2. The molecule has 2 heterocycles. The van der Waals surface area contributed by atoms with Crippen LogP contribution in [0.2, 0.25) is 5.02 Å². The summed E-state index contributed by atoms with van der Waals surface area (Å²) in [5, 5.41) is 6.43. The molecule has 0 radical (unpaired) electrons. The van der Waals surface area contributed by atoms with Crippen LogP contribution in [0.1, 0.15) is 22.5 Å². The molecule has 3 rings (SSSR count). The molecule has 1 aliphatic heterocycles. The molecule has 140 valence electrons. The standard InChI is InChI=1S/C19H20ClN5O2/c1-3-17(26)23-14-6-4-13(5-7-14)18(27)25-9-8-15(11-25)24-19-21-10-16(20)12(2)22-19/h3-7,10,15H,1,8-9,11H2,2H3,(H,23,26)(H,21,22,24). The van der Waals surface area contributed by atoms with Gasteiger partial charge in [-0.05, 0) is 43.7 Å². The molecule has 1 atom stereocenters. The minimum absolute atomic E-state index is 0.0471. The lowest BCUT2D eigenvalue weighted by molar-refractivity contribution is -0.111. The van der Waals surface area contributed by atoms with Crippen molar-refractivity contribution in [1.82, 2.24) is 14.9 Å². The number of hydrogen-bond acceptors (Lipinski definition) is 5. The van der Waals surface area contributed by atoms with Crippen molar-refractivity contribution in [1.29, 1.82) is 0 Å². The Balaban J connectivity index is 1.59. The fourth-order valence-electron chi connectivity index (χ4n) is 2.84. The van der Waals surface area contributed by atoms with Crippen LogP contribution in [0, 0.1) is 6.92 Å². The molecule has 2 N–H and O–H groups in total. The van der Waals surface area contributed by atoms with Gasteiger partial charge in [0.2, 0.25) is 11.9 Å². The first-order valence-electron chi connectivity index (χ1n) is 8.54. The van der Waals surface area contributed by atoms with Gasteiger partial charge in [-0.3, -0.25) is 9.59 Å². The zero-order valence-corrected chi connectivity index (χ0v) is 15.7. The first-order valence-corrected chi connectivity index (χ1v) is 8.92. The molecule has 2 aromatic rings. The topological polar surface area (TPSA) is 87.2 Å². The lowest BCUT2D eigenvalue weighted by Gasteiger charge is -2.17. The minimum Gasteiger partial charge on any atom is -0.350 e. The largest absolute Gasteiger partial charge is 0.350 e. The van der Waals surface area contributed by atoms with E-state index in [1.54, 1.807) is 35.4 Å². The van der Waals surface area contributed by atoms with E-state index in [0.29, 0.717) is 41.0 Å². The predicted molar refractivity (Wildman–Crippen MR) is 105 cm³/mol. The predicted octanol–water partition coefficient (Wildman–Crippen LogP) is 2.89. The Morgan fingerprint density at radius 2 is 2.07 bits per heavy atom. The van der Waals surface area contributed by atoms with Crippen LogP contribution in [0.4, 0.5) is 11.6 Å². The quantitative estimate of drug-likeness (QED) is 0.773. The Morgan fingerprint density at radius 1 is 1.33 bits per heavy atom. The second-order valence-corrected chi connectivity index (χ2v) is 6.69. The second kappa shape index (κ2) is 8.18. The van der Waals surface area contributed by atoms with E-state index in [0.717, 1.165) is 6.42 Å². The number of anilines is 2. The number of rotatable bonds is 5. The highest BCUT2D eigenvalue weighted by molar-refractivity contribution is 6.31. The third-order valence-corrected chi connectivity index (χ3v) is 4.68. The average Bonchev–Trinajstić information content (AvgIpc) is 3.13. The summed E-state index contributed by atoms with van der Waals surface area (Å²) in [6.45, 7) is 6.45. The lowest BCUT2D eigenvalue weighted by Crippen LogP contribution is -2.31. The highest BCUT2D eigenvalue weighted by atomic mass is 35.5. The van der Waals surface area contributed by atoms with Gasteiger partial charge in [0.1, 0.15) is 0 Å². The van der Waals surface area contributed by atoms with Crippen LogP contribution in [0.5, 0.6) is 0 Å². The Morgan fingerprint density at radius 3 is 2.74 bits per heavy atom. The second-order valence-electron chi connectivity index (χ2n) is 6.28. The van der Waals surface area contributed by atoms with Crippen LogP contribution in [0.15, 0.2) is 43.1 Å². The van der Waals surface area contributed by atoms with Crippen molar-refractivity contribution in [3.8, 4) is 0 Å². The maximum atomic E-state index is 12.7. The Labute approximate surface area is 162 Å². The van der Waals surface area contributed by atoms with Crippen molar-refractivity contribution in [2.45, 2.75) is 19.4 Å². The van der Waals surface area contributed by atoms with Gasteiger partial charge >= 0.3 is 0 Å². The van der Waals surface area contributed by atoms with Crippen LogP contribution in [-0.2, 0) is 4.79 Å². The van der Waals surface area contributed by atoms with Gasteiger partial charge in [-0.25, -0.2) is 9.97 Å². The molecule has 1 saturated heterocycles. The number of aromatic nitrogens is 2. The molecular formula is C19H20ClN5O2. The van der Waals surface area contributed by atoms with E-state index < -0.39 is 0 Å². The third kappa shape index (κ3) is 4.62. The van der Waals surface area contributed by atoms with Gasteiger partial charge in [0.05, 0.1) is 16.9 Å². The summed E-state index contributed by atoms with van der Waals surface area (Å²) >= 11 is 5.94. The average molecular weight is 386 g/mol. The molecule has 1 aliphatic rings. The van der Waals surface area contributed by atoms with Gasteiger partial charge in [-0.1, -0.05) is 18.2 Å². The highest BCUT2D eigenvalue weighted by Gasteiger charge is 2.27. The number of carbonyl (C=O) groups excluding carboxylic acids is 2. The summed E-state index contributed by atoms with van der Waals surface area (Å²) in [6, 6.07) is 6.89. The van der Waals surface area contributed by atoms with Crippen LogP contribution in [0.25, 0.3) is 0 Å². The Bertz CT molecular complexity index is 869. The number of carbonyl (C=O) groups is 2. The van der Waals surface area contributed by atoms with Gasteiger partial charge in [-0.15, -0.1) is 0 Å². The van der Waals surface area contributed by atoms with Crippen molar-refractivity contribution in [3.05, 3.63) is 59.4 Å². The highest BCUT2D eigenvalue weighted by Crippen LogP contribution is 2.19. The molecule has 2 amide bonds. The minimum atomic E-state index is -0.290. The van der Waals surface area contributed by atoms with Gasteiger partial charge < -0.3 is 15.5 Å². The van der Waals surface area contributed by atoms with Crippen LogP contribution >= 0.6 is 11.6 Å². The Hall–Kier alpha value is -2.93. The van der Waals surface area contributed by atoms with E-state index in [4.69, 9.17) is 11.6 Å². The fourth-order valence-corrected chi connectivity index (χ4v) is 2.93. The van der Waals surface area contributed by atoms with Gasteiger partial charge in [-0.2, -0.15) is 0 Å². The molecule has 1 unspecified atom stereocenters. The van der Waals surface area contributed by atoms with Gasteiger partial charge in [0, 0.05) is 30.4 Å². The molecule has 27 heavy (non-hydrogen) atoms. The molecule has 0 bridgehead atoms. The molecule has 0 spiro atoms. The third-order valence-electron chi connectivity index (χ3n) is 4.31. The number of aryl methyl sites for hydroxylation is 1. The van der Waals surface area contributed by atoms with E-state index in [1.807, 2.05) is 6.92 Å². The zero-order chi connectivity index (χ0) is 19.4. The monoisotopic (exact) mass is 385 g/mol. The molecule has 1 aromatic carbocycles. The summed E-state index contributed by atoms with van der Waals surface area (Å²) in [5.41, 5.74) is 1.90. The van der Waals surface area contributed by atoms with E-state index in [2.05, 4.69) is 27.2 Å². The Kier molecular flexibility index (Phi) is 5.71. The van der Waals surface area contributed by atoms with E-state index in [9.17, 15) is 9.59 Å². The molecule has 0 saturated carbocycles. The molecule has 1 fully saturated rings. The van der Waals surface area contributed by atoms with Crippen molar-refractivity contribution < 1.29 is 9.59 Å². The van der Waals surface area contributed by atoms with Crippen molar-refractivity contribution in [2.75, 3.05) is 23.7 Å². The summed E-state index contributed by atoms with van der Waals surface area (Å²) in [5.74, 6) is 0.176. The number of nitrogens with zero attached hydrogens (tertiary/aromatic N) is 3. The normalized spacial score (nSPS) is 16.1. The van der Waals surface area contributed by atoms with Gasteiger partial charge in [0.15, 0.2) is 0 Å². The number of hydrogen-bond donors (Lipinski definition) is 2. The van der Waals surface area contributed by atoms with E-state index in [1.165, 1.54) is 6.08 Å². The van der Waals surface area contributed by atoms with Crippen LogP contribution in [-0.4, -0.2) is 45.8 Å². The number of nitrogens with one attached hydrogen (secondary N) is 2. The smallest absolute Gasteiger partial charge is 0.253 e. The summed E-state index contributed by atoms with van der Waals surface area (Å²) in [6.07, 6.45) is 3.57. The molecule has 8 heteroatoms. The number of halogens is 1. The summed E-state index contributed by atoms with van der Waals surface area (Å²) in [4.78, 5) is 34.3. The van der Waals surface area contributed by atoms with E-state index >= 15 is 0 Å². The number of benzene rings is 1. The maximum Gasteiger partial charge on any atom is 0.253 e. The first kappa shape index (κ1) is 18.8. The van der Waals surface area contributed by atoms with Crippen molar-refractivity contribution >= 4 is 35.1 Å². The van der Waals surface area contributed by atoms with E-state index in [-0.39, 0.29) is 17.9 Å². The molecule has 7 nitrogen and oxygen atoms in total.